The topological polar surface area (TPSA) is 153 Å². The minimum atomic E-state index is -3.95. The first-order chi connectivity index (χ1) is 16.6. The third kappa shape index (κ3) is 8.49. The molecule has 2 aromatic rings. The Labute approximate surface area is 213 Å². The Bertz CT molecular complexity index is 1180. The van der Waals surface area contributed by atoms with E-state index >= 15 is 0 Å². The van der Waals surface area contributed by atoms with Crippen LogP contribution in [0.5, 0.6) is 0 Å². The number of benzene rings is 2. The molecule has 1 atom stereocenters. The maximum atomic E-state index is 12.6. The number of rotatable bonds is 11. The van der Waals surface area contributed by atoms with Crippen molar-refractivity contribution in [1.29, 1.82) is 0 Å². The number of hydrogen-bond donors (Lipinski definition) is 4. The molecule has 0 aliphatic rings. The molecular weight excluding hydrogens is 508 g/mol. The van der Waals surface area contributed by atoms with Gasteiger partial charge in [-0.3, -0.25) is 4.79 Å². The molecule has 0 saturated heterocycles. The SMILES string of the molecule is CCOC(=O)C(Cc1cccc(C(=[NH2+])SC)c1)NC(=O)CNS(=O)(=O)c1ccc(C(=[NH2+])SC)cc1. The second-order valence-electron chi connectivity index (χ2n) is 7.26. The molecule has 0 radical (unpaired) electrons. The van der Waals surface area contributed by atoms with Crippen LogP contribution in [-0.4, -0.2) is 62.1 Å². The van der Waals surface area contributed by atoms with E-state index in [1.54, 1.807) is 19.1 Å². The monoisotopic (exact) mass is 538 g/mol. The van der Waals surface area contributed by atoms with Crippen molar-refractivity contribution in [3.63, 3.8) is 0 Å². The molecule has 2 rings (SSSR count). The highest BCUT2D eigenvalue weighted by atomic mass is 32.2. The molecule has 188 valence electrons. The molecular formula is C23H30N4O5S3+2. The van der Waals surface area contributed by atoms with Crippen molar-refractivity contribution < 1.29 is 33.6 Å². The molecule has 12 heteroatoms. The second-order valence-corrected chi connectivity index (χ2v) is 10.7. The molecule has 0 saturated carbocycles. The molecule has 0 aliphatic carbocycles. The van der Waals surface area contributed by atoms with Crippen molar-refractivity contribution in [2.45, 2.75) is 24.3 Å². The Hall–Kier alpha value is -2.67. The molecule has 1 amide bonds. The highest BCUT2D eigenvalue weighted by Crippen LogP contribution is 2.14. The molecule has 1 unspecified atom stereocenters. The average Bonchev–Trinajstić information content (AvgIpc) is 2.86. The lowest BCUT2D eigenvalue weighted by atomic mass is 10.0. The number of sulfonamides is 1. The number of carbonyl (C=O) groups excluding carboxylic acids is 2. The second kappa shape index (κ2) is 13.4. The van der Waals surface area contributed by atoms with E-state index in [-0.39, 0.29) is 17.9 Å². The van der Waals surface area contributed by atoms with Crippen LogP contribution in [0.2, 0.25) is 0 Å². The number of amides is 1. The maximum Gasteiger partial charge on any atom is 0.328 e. The van der Waals surface area contributed by atoms with Crippen LogP contribution >= 0.6 is 23.5 Å². The van der Waals surface area contributed by atoms with Gasteiger partial charge in [0.05, 0.1) is 29.2 Å². The molecule has 35 heavy (non-hydrogen) atoms. The Morgan fingerprint density at radius 2 is 1.63 bits per heavy atom. The molecule has 0 fully saturated rings. The summed E-state index contributed by atoms with van der Waals surface area (Å²) >= 11 is 2.75. The maximum absolute atomic E-state index is 12.6. The summed E-state index contributed by atoms with van der Waals surface area (Å²) in [6.07, 6.45) is 3.83. The van der Waals surface area contributed by atoms with Crippen LogP contribution in [0, 0.1) is 0 Å². The van der Waals surface area contributed by atoms with E-state index in [9.17, 15) is 18.0 Å². The first kappa shape index (κ1) is 28.6. The van der Waals surface area contributed by atoms with Crippen molar-refractivity contribution in [1.82, 2.24) is 10.0 Å². The van der Waals surface area contributed by atoms with Crippen molar-refractivity contribution in [2.75, 3.05) is 25.7 Å². The zero-order valence-electron chi connectivity index (χ0n) is 19.7. The van der Waals surface area contributed by atoms with Gasteiger partial charge in [-0.1, -0.05) is 35.7 Å². The van der Waals surface area contributed by atoms with Crippen LogP contribution in [0.1, 0.15) is 23.6 Å². The summed E-state index contributed by atoms with van der Waals surface area (Å²) in [6, 6.07) is 12.3. The highest BCUT2D eigenvalue weighted by Gasteiger charge is 2.24. The summed E-state index contributed by atoms with van der Waals surface area (Å²) in [5.41, 5.74) is 2.27. The largest absolute Gasteiger partial charge is 0.464 e. The van der Waals surface area contributed by atoms with E-state index in [1.165, 1.54) is 35.7 Å². The van der Waals surface area contributed by atoms with E-state index in [4.69, 9.17) is 15.6 Å². The molecule has 0 bridgehead atoms. The first-order valence-corrected chi connectivity index (χ1v) is 14.5. The minimum Gasteiger partial charge on any atom is -0.464 e. The third-order valence-electron chi connectivity index (χ3n) is 4.87. The quantitative estimate of drug-likeness (QED) is 0.163. The molecule has 9 nitrogen and oxygen atoms in total. The van der Waals surface area contributed by atoms with E-state index in [0.29, 0.717) is 15.7 Å². The Morgan fingerprint density at radius 3 is 2.23 bits per heavy atom. The van der Waals surface area contributed by atoms with Gasteiger partial charge in [-0.25, -0.2) is 28.8 Å². The third-order valence-corrected chi connectivity index (χ3v) is 7.64. The van der Waals surface area contributed by atoms with Crippen molar-refractivity contribution in [3.8, 4) is 0 Å². The van der Waals surface area contributed by atoms with Gasteiger partial charge in [0.15, 0.2) is 0 Å². The summed E-state index contributed by atoms with van der Waals surface area (Å²) in [5.74, 6) is -1.29. The lowest BCUT2D eigenvalue weighted by Crippen LogP contribution is -2.47. The average molecular weight is 539 g/mol. The smallest absolute Gasteiger partial charge is 0.328 e. The first-order valence-electron chi connectivity index (χ1n) is 10.6. The molecule has 2 aromatic carbocycles. The van der Waals surface area contributed by atoms with Gasteiger partial charge in [-0.05, 0) is 61.4 Å². The predicted molar refractivity (Wildman–Crippen MR) is 139 cm³/mol. The predicted octanol–water partition coefficient (Wildman–Crippen LogP) is -1.01. The van der Waals surface area contributed by atoms with Gasteiger partial charge >= 0.3 is 5.97 Å². The fraction of sp³-hybridized carbons (Fsp3) is 0.304. The fourth-order valence-corrected chi connectivity index (χ4v) is 4.76. The van der Waals surface area contributed by atoms with Crippen LogP contribution in [0.4, 0.5) is 0 Å². The van der Waals surface area contributed by atoms with Crippen LogP contribution in [0.15, 0.2) is 53.4 Å². The number of esters is 1. The molecule has 0 spiro atoms. The Balaban J connectivity index is 2.08. The van der Waals surface area contributed by atoms with Crippen LogP contribution in [0.25, 0.3) is 0 Å². The minimum absolute atomic E-state index is 0.00987. The van der Waals surface area contributed by atoms with Crippen molar-refractivity contribution in [3.05, 3.63) is 65.2 Å². The number of hydrogen-bond acceptors (Lipinski definition) is 7. The van der Waals surface area contributed by atoms with Gasteiger partial charge in [-0.2, -0.15) is 0 Å². The standard InChI is InChI=1S/C23H28N4O5S3/c1-4-32-23(29)19(13-15-6-5-7-17(12-15)22(25)34-3)27-20(28)14-26-35(30,31)18-10-8-16(9-11-18)21(24)33-2/h5-12,19,24-26H,4,13-14H2,1-3H3,(H,27,28)/p+2. The number of thioether (sulfide) groups is 2. The van der Waals surface area contributed by atoms with Crippen LogP contribution < -0.4 is 20.9 Å². The van der Waals surface area contributed by atoms with Gasteiger partial charge in [0.2, 0.25) is 26.0 Å². The van der Waals surface area contributed by atoms with E-state index in [1.807, 2.05) is 36.8 Å². The van der Waals surface area contributed by atoms with Crippen molar-refractivity contribution in [2.24, 2.45) is 0 Å². The molecule has 6 N–H and O–H groups in total. The molecule has 0 aliphatic heterocycles. The van der Waals surface area contributed by atoms with Gasteiger partial charge < -0.3 is 10.1 Å². The van der Waals surface area contributed by atoms with Gasteiger partial charge in [0, 0.05) is 6.42 Å². The van der Waals surface area contributed by atoms with Gasteiger partial charge in [0.1, 0.15) is 6.04 Å². The molecule has 0 aromatic heterocycles. The Morgan fingerprint density at radius 1 is 1.00 bits per heavy atom. The summed E-state index contributed by atoms with van der Waals surface area (Å²) in [6.45, 7) is 1.25. The van der Waals surface area contributed by atoms with E-state index < -0.39 is 34.5 Å². The highest BCUT2D eigenvalue weighted by molar-refractivity contribution is 8.13. The van der Waals surface area contributed by atoms with Crippen LogP contribution in [-0.2, 0) is 30.8 Å². The zero-order valence-corrected chi connectivity index (χ0v) is 22.2. The van der Waals surface area contributed by atoms with Gasteiger partial charge in [-0.15, -0.1) is 0 Å². The van der Waals surface area contributed by atoms with Crippen molar-refractivity contribution >= 4 is 55.5 Å². The lowest BCUT2D eigenvalue weighted by molar-refractivity contribution is -0.147. The summed E-state index contributed by atoms with van der Waals surface area (Å²) < 4.78 is 32.5. The number of ether oxygens (including phenoxy) is 1. The number of nitrogens with two attached hydrogens (primary N) is 2. The zero-order chi connectivity index (χ0) is 26.0. The lowest BCUT2D eigenvalue weighted by Gasteiger charge is -2.18. The fourth-order valence-electron chi connectivity index (χ4n) is 3.05. The summed E-state index contributed by atoms with van der Waals surface area (Å²) in [5, 5.41) is 15.6. The summed E-state index contributed by atoms with van der Waals surface area (Å²) in [4.78, 5) is 25.0. The number of carbonyl (C=O) groups is 2. The number of nitrogens with one attached hydrogen (secondary N) is 2. The van der Waals surface area contributed by atoms with Gasteiger partial charge in [0.25, 0.3) is 0 Å². The molecule has 0 heterocycles. The summed E-state index contributed by atoms with van der Waals surface area (Å²) in [7, 11) is -3.95. The van der Waals surface area contributed by atoms with E-state index in [2.05, 4.69) is 10.0 Å². The normalized spacial score (nSPS) is 12.0. The van der Waals surface area contributed by atoms with Crippen LogP contribution in [0.3, 0.4) is 0 Å². The Kier molecular flexibility index (Phi) is 11.0. The van der Waals surface area contributed by atoms with E-state index in [0.717, 1.165) is 11.1 Å².